The smallest absolute Gasteiger partial charge is 0.312 e. The van der Waals surface area contributed by atoms with Crippen molar-refractivity contribution < 1.29 is 19.2 Å². The van der Waals surface area contributed by atoms with E-state index in [9.17, 15) is 19.7 Å². The van der Waals surface area contributed by atoms with Gasteiger partial charge in [-0.05, 0) is 59.1 Å². The lowest BCUT2D eigenvalue weighted by Crippen LogP contribution is -2.35. The summed E-state index contributed by atoms with van der Waals surface area (Å²) in [5, 5.41) is 12.7. The zero-order chi connectivity index (χ0) is 21.1. The average Bonchev–Trinajstić information content (AvgIpc) is 2.98. The van der Waals surface area contributed by atoms with Crippen LogP contribution in [0, 0.1) is 10.1 Å². The Morgan fingerprint density at radius 2 is 1.97 bits per heavy atom. The number of nitro benzene ring substituents is 1. The number of anilines is 1. The van der Waals surface area contributed by atoms with Crippen molar-refractivity contribution in [3.05, 3.63) is 68.2 Å². The van der Waals surface area contributed by atoms with Crippen molar-refractivity contribution in [2.75, 3.05) is 5.01 Å². The second kappa shape index (κ2) is 8.44. The standard InChI is InChI=1S/C20H18BrN3O5/c1-3-12(2)29-18-16(21)10-13(11-17(18)24(27)28)9-15-19(25)22-23(20(15)26)14-7-5-4-6-8-14/h4-12H,3H2,1-2H3,(H,22,25). The third-order valence-corrected chi connectivity index (χ3v) is 4.94. The number of nitrogens with zero attached hydrogens (tertiary/aromatic N) is 2. The number of carbonyl (C=O) groups excluding carboxylic acids is 2. The number of carbonyl (C=O) groups is 2. The van der Waals surface area contributed by atoms with E-state index in [-0.39, 0.29) is 23.1 Å². The predicted octanol–water partition coefficient (Wildman–Crippen LogP) is 4.00. The topological polar surface area (TPSA) is 102 Å². The summed E-state index contributed by atoms with van der Waals surface area (Å²) in [5.41, 5.74) is 2.96. The summed E-state index contributed by atoms with van der Waals surface area (Å²) in [4.78, 5) is 36.0. The molecule has 1 fully saturated rings. The summed E-state index contributed by atoms with van der Waals surface area (Å²) >= 11 is 3.30. The third kappa shape index (κ3) is 4.29. The Labute approximate surface area is 175 Å². The number of rotatable bonds is 6. The van der Waals surface area contributed by atoms with E-state index in [1.807, 2.05) is 13.8 Å². The van der Waals surface area contributed by atoms with Crippen molar-refractivity contribution in [3.8, 4) is 5.75 Å². The molecule has 1 saturated heterocycles. The number of benzene rings is 2. The number of ether oxygens (including phenoxy) is 1. The third-order valence-electron chi connectivity index (χ3n) is 4.35. The van der Waals surface area contributed by atoms with Crippen LogP contribution in [0.2, 0.25) is 0 Å². The van der Waals surface area contributed by atoms with Crippen LogP contribution in [0.1, 0.15) is 25.8 Å². The molecule has 1 unspecified atom stereocenters. The molecule has 0 radical (unpaired) electrons. The molecule has 9 heteroatoms. The van der Waals surface area contributed by atoms with Gasteiger partial charge in [-0.3, -0.25) is 25.1 Å². The molecule has 3 rings (SSSR count). The molecule has 1 atom stereocenters. The van der Waals surface area contributed by atoms with E-state index in [1.54, 1.807) is 36.4 Å². The lowest BCUT2D eigenvalue weighted by atomic mass is 10.1. The Hall–Kier alpha value is -3.20. The highest BCUT2D eigenvalue weighted by Crippen LogP contribution is 2.38. The van der Waals surface area contributed by atoms with Crippen LogP contribution in [0.5, 0.6) is 5.75 Å². The highest BCUT2D eigenvalue weighted by molar-refractivity contribution is 9.10. The Morgan fingerprint density at radius 3 is 2.59 bits per heavy atom. The van der Waals surface area contributed by atoms with Crippen molar-refractivity contribution in [1.82, 2.24) is 5.43 Å². The molecule has 2 aromatic rings. The number of hydrazine groups is 1. The van der Waals surface area contributed by atoms with E-state index < -0.39 is 16.7 Å². The molecule has 0 saturated carbocycles. The minimum absolute atomic E-state index is 0.111. The van der Waals surface area contributed by atoms with Gasteiger partial charge >= 0.3 is 5.69 Å². The molecule has 1 heterocycles. The molecule has 1 aliphatic heterocycles. The van der Waals surface area contributed by atoms with Crippen molar-refractivity contribution in [3.63, 3.8) is 0 Å². The van der Waals surface area contributed by atoms with Crippen LogP contribution in [0.3, 0.4) is 0 Å². The predicted molar refractivity (Wildman–Crippen MR) is 111 cm³/mol. The summed E-state index contributed by atoms with van der Waals surface area (Å²) in [5.74, 6) is -1.02. The number of hydrogen-bond acceptors (Lipinski definition) is 5. The molecule has 2 amide bonds. The van der Waals surface area contributed by atoms with Crippen molar-refractivity contribution in [1.29, 1.82) is 0 Å². The minimum atomic E-state index is -0.586. The highest BCUT2D eigenvalue weighted by Gasteiger charge is 2.34. The molecule has 2 aromatic carbocycles. The summed E-state index contributed by atoms with van der Waals surface area (Å²) in [7, 11) is 0. The van der Waals surface area contributed by atoms with Gasteiger partial charge in [0.15, 0.2) is 0 Å². The van der Waals surface area contributed by atoms with E-state index >= 15 is 0 Å². The highest BCUT2D eigenvalue weighted by atomic mass is 79.9. The van der Waals surface area contributed by atoms with Gasteiger partial charge in [0.05, 0.1) is 21.2 Å². The molecular weight excluding hydrogens is 442 g/mol. The molecule has 0 aliphatic carbocycles. The first kappa shape index (κ1) is 20.5. The SMILES string of the molecule is CCC(C)Oc1c(Br)cc(C=C2C(=O)NN(c3ccccc3)C2=O)cc1[N+](=O)[O-]. The lowest BCUT2D eigenvalue weighted by molar-refractivity contribution is -0.386. The van der Waals surface area contributed by atoms with Crippen LogP contribution in [0.15, 0.2) is 52.5 Å². The first-order valence-corrected chi connectivity index (χ1v) is 9.68. The summed E-state index contributed by atoms with van der Waals surface area (Å²) in [6.07, 6.45) is 1.79. The lowest BCUT2D eigenvalue weighted by Gasteiger charge is -2.14. The van der Waals surface area contributed by atoms with Crippen molar-refractivity contribution >= 4 is 45.2 Å². The maximum absolute atomic E-state index is 12.7. The van der Waals surface area contributed by atoms with Gasteiger partial charge in [0.2, 0.25) is 5.75 Å². The van der Waals surface area contributed by atoms with Crippen LogP contribution in [-0.4, -0.2) is 22.8 Å². The fourth-order valence-electron chi connectivity index (χ4n) is 2.70. The average molecular weight is 460 g/mol. The Balaban J connectivity index is 1.98. The van der Waals surface area contributed by atoms with Gasteiger partial charge in [0, 0.05) is 6.07 Å². The van der Waals surface area contributed by atoms with Crippen molar-refractivity contribution in [2.45, 2.75) is 26.4 Å². The largest absolute Gasteiger partial charge is 0.483 e. The number of amides is 2. The molecule has 0 bridgehead atoms. The zero-order valence-electron chi connectivity index (χ0n) is 15.7. The first-order chi connectivity index (χ1) is 13.8. The second-order valence-corrected chi connectivity index (χ2v) is 7.27. The fraction of sp³-hybridized carbons (Fsp3) is 0.200. The Morgan fingerprint density at radius 1 is 1.28 bits per heavy atom. The molecule has 8 nitrogen and oxygen atoms in total. The van der Waals surface area contributed by atoms with E-state index in [1.165, 1.54) is 12.1 Å². The van der Waals surface area contributed by atoms with Gasteiger partial charge in [-0.15, -0.1) is 0 Å². The van der Waals surface area contributed by atoms with Gasteiger partial charge in [-0.25, -0.2) is 5.01 Å². The molecular formula is C20H18BrN3O5. The monoisotopic (exact) mass is 459 g/mol. The molecule has 1 aliphatic rings. The maximum Gasteiger partial charge on any atom is 0.312 e. The van der Waals surface area contributed by atoms with Gasteiger partial charge in [0.25, 0.3) is 11.8 Å². The maximum atomic E-state index is 12.7. The van der Waals surface area contributed by atoms with E-state index in [2.05, 4.69) is 21.4 Å². The van der Waals surface area contributed by atoms with E-state index in [0.717, 1.165) is 5.01 Å². The summed E-state index contributed by atoms with van der Waals surface area (Å²) < 4.78 is 6.03. The van der Waals surface area contributed by atoms with Gasteiger partial charge in [0.1, 0.15) is 5.57 Å². The molecule has 0 spiro atoms. The molecule has 29 heavy (non-hydrogen) atoms. The summed E-state index contributed by atoms with van der Waals surface area (Å²) in [6.45, 7) is 3.72. The van der Waals surface area contributed by atoms with Crippen LogP contribution >= 0.6 is 15.9 Å². The molecule has 0 aromatic heterocycles. The molecule has 1 N–H and O–H groups in total. The van der Waals surface area contributed by atoms with Crippen molar-refractivity contribution in [2.24, 2.45) is 0 Å². The van der Waals surface area contributed by atoms with Crippen LogP contribution in [-0.2, 0) is 9.59 Å². The van der Waals surface area contributed by atoms with Gasteiger partial charge in [-0.1, -0.05) is 25.1 Å². The number of nitro groups is 1. The quantitative estimate of drug-likeness (QED) is 0.304. The fourth-order valence-corrected chi connectivity index (χ4v) is 3.26. The normalized spacial score (nSPS) is 16.1. The molecule has 150 valence electrons. The second-order valence-electron chi connectivity index (χ2n) is 6.42. The zero-order valence-corrected chi connectivity index (χ0v) is 17.3. The summed E-state index contributed by atoms with van der Waals surface area (Å²) in [6, 6.07) is 11.5. The van der Waals surface area contributed by atoms with E-state index in [4.69, 9.17) is 4.74 Å². The van der Waals surface area contributed by atoms with Crippen LogP contribution in [0.4, 0.5) is 11.4 Å². The first-order valence-electron chi connectivity index (χ1n) is 8.88. The minimum Gasteiger partial charge on any atom is -0.483 e. The number of nitrogens with one attached hydrogen (secondary N) is 1. The van der Waals surface area contributed by atoms with E-state index in [0.29, 0.717) is 22.1 Å². The van der Waals surface area contributed by atoms with Gasteiger partial charge < -0.3 is 4.74 Å². The number of hydrogen-bond donors (Lipinski definition) is 1. The van der Waals surface area contributed by atoms with Gasteiger partial charge in [-0.2, -0.15) is 0 Å². The number of halogens is 1. The van der Waals surface area contributed by atoms with Crippen LogP contribution < -0.4 is 15.2 Å². The Bertz CT molecular complexity index is 1010. The number of para-hydroxylation sites is 1. The Kier molecular flexibility index (Phi) is 5.97. The van der Waals surface area contributed by atoms with Crippen LogP contribution in [0.25, 0.3) is 6.08 Å².